The summed E-state index contributed by atoms with van der Waals surface area (Å²) in [7, 11) is 0. The van der Waals surface area contributed by atoms with Crippen LogP contribution in [0.1, 0.15) is 113 Å². The van der Waals surface area contributed by atoms with Crippen molar-refractivity contribution in [3.63, 3.8) is 0 Å². The molecule has 0 aromatic rings. The zero-order chi connectivity index (χ0) is 19.1. The van der Waals surface area contributed by atoms with E-state index in [1.165, 1.54) is 77.4 Å². The highest BCUT2D eigenvalue weighted by Crippen LogP contribution is 2.37. The molecule has 0 N–H and O–H groups in total. The van der Waals surface area contributed by atoms with Crippen LogP contribution in [0.2, 0.25) is 0 Å². The fourth-order valence-electron chi connectivity index (χ4n) is 4.45. The first-order chi connectivity index (χ1) is 12.1. The van der Waals surface area contributed by atoms with Crippen LogP contribution in [-0.4, -0.2) is 24.5 Å². The van der Waals surface area contributed by atoms with Crippen molar-refractivity contribution in [2.24, 2.45) is 23.7 Å². The minimum Gasteiger partial charge on any atom is -0.304 e. The van der Waals surface area contributed by atoms with Gasteiger partial charge in [-0.3, -0.25) is 0 Å². The molecule has 2 aliphatic rings. The van der Waals surface area contributed by atoms with Gasteiger partial charge >= 0.3 is 0 Å². The molecule has 0 spiro atoms. The zero-order valence-electron chi connectivity index (χ0n) is 18.9. The predicted molar refractivity (Wildman–Crippen MR) is 116 cm³/mol. The fraction of sp³-hybridized carbons (Fsp3) is 1.00. The standard InChI is InChI=1S/C19H37N.C3H8.C2H6/c1-4-16(3)14-17-6-8-18(9-7-17)15-19-10-12-20(5-2)13-11-19;1-3-2;1-2/h16-19H,4-15H2,1-3H3;3H2,1-2H3;1-2H3. The number of nitrogens with zero attached hydrogens (tertiary/aromatic N) is 1. The van der Waals surface area contributed by atoms with E-state index in [0.29, 0.717) is 0 Å². The first-order valence-electron chi connectivity index (χ1n) is 11.8. The summed E-state index contributed by atoms with van der Waals surface area (Å²) < 4.78 is 0. The topological polar surface area (TPSA) is 3.24 Å². The Labute approximate surface area is 161 Å². The van der Waals surface area contributed by atoms with Crippen molar-refractivity contribution in [1.29, 1.82) is 0 Å². The Kier molecular flexibility index (Phi) is 16.1. The summed E-state index contributed by atoms with van der Waals surface area (Å²) in [6.45, 7) is 19.3. The first-order valence-corrected chi connectivity index (χ1v) is 11.8. The first kappa shape index (κ1) is 25.0. The van der Waals surface area contributed by atoms with Crippen molar-refractivity contribution >= 4 is 0 Å². The van der Waals surface area contributed by atoms with Crippen LogP contribution in [-0.2, 0) is 0 Å². The van der Waals surface area contributed by atoms with Gasteiger partial charge in [-0.2, -0.15) is 0 Å². The minimum atomic E-state index is 0.954. The second kappa shape index (κ2) is 16.2. The third kappa shape index (κ3) is 11.3. The van der Waals surface area contributed by atoms with Crippen LogP contribution in [0.5, 0.6) is 0 Å². The summed E-state index contributed by atoms with van der Waals surface area (Å²) in [5.74, 6) is 4.13. The maximum Gasteiger partial charge on any atom is -0.00162 e. The van der Waals surface area contributed by atoms with Crippen molar-refractivity contribution in [3.05, 3.63) is 0 Å². The van der Waals surface area contributed by atoms with Gasteiger partial charge in [0.15, 0.2) is 0 Å². The van der Waals surface area contributed by atoms with Crippen LogP contribution in [0.25, 0.3) is 0 Å². The molecule has 1 unspecified atom stereocenters. The highest BCUT2D eigenvalue weighted by Gasteiger charge is 2.26. The van der Waals surface area contributed by atoms with E-state index < -0.39 is 0 Å². The number of piperidine rings is 1. The molecule has 1 saturated carbocycles. The molecule has 2 rings (SSSR count). The van der Waals surface area contributed by atoms with Gasteiger partial charge in [0.05, 0.1) is 0 Å². The SMILES string of the molecule is CC.CCC.CCC(C)CC1CCC(CC2CCN(CC)CC2)CC1. The largest absolute Gasteiger partial charge is 0.304 e. The highest BCUT2D eigenvalue weighted by molar-refractivity contribution is 4.79. The molecule has 1 atom stereocenters. The van der Waals surface area contributed by atoms with E-state index in [4.69, 9.17) is 0 Å². The Morgan fingerprint density at radius 2 is 1.20 bits per heavy atom. The van der Waals surface area contributed by atoms with Gasteiger partial charge in [0.25, 0.3) is 0 Å². The van der Waals surface area contributed by atoms with E-state index in [9.17, 15) is 0 Å². The fourth-order valence-corrected chi connectivity index (χ4v) is 4.45. The van der Waals surface area contributed by atoms with Crippen LogP contribution < -0.4 is 0 Å². The van der Waals surface area contributed by atoms with Crippen LogP contribution >= 0.6 is 0 Å². The van der Waals surface area contributed by atoms with Gasteiger partial charge in [0.1, 0.15) is 0 Å². The molecule has 1 saturated heterocycles. The highest BCUT2D eigenvalue weighted by atomic mass is 15.1. The molecule has 2 fully saturated rings. The molecule has 0 aromatic heterocycles. The average Bonchev–Trinajstić information content (AvgIpc) is 2.66. The molecule has 0 amide bonds. The molecule has 1 aliphatic heterocycles. The number of likely N-dealkylation sites (tertiary alicyclic amines) is 1. The minimum absolute atomic E-state index is 0.954. The monoisotopic (exact) mass is 353 g/mol. The molecule has 1 aliphatic carbocycles. The molecule has 1 heterocycles. The van der Waals surface area contributed by atoms with Crippen LogP contribution in [0.15, 0.2) is 0 Å². The van der Waals surface area contributed by atoms with Crippen LogP contribution in [0.3, 0.4) is 0 Å². The Morgan fingerprint density at radius 3 is 1.64 bits per heavy atom. The third-order valence-electron chi connectivity index (χ3n) is 6.22. The molecule has 0 aromatic carbocycles. The van der Waals surface area contributed by atoms with E-state index in [1.807, 2.05) is 13.8 Å². The Hall–Kier alpha value is -0.0400. The van der Waals surface area contributed by atoms with Gasteiger partial charge in [-0.25, -0.2) is 0 Å². The van der Waals surface area contributed by atoms with E-state index in [1.54, 1.807) is 6.42 Å². The van der Waals surface area contributed by atoms with E-state index >= 15 is 0 Å². The Bertz CT molecular complexity index is 259. The third-order valence-corrected chi connectivity index (χ3v) is 6.22. The summed E-state index contributed by atoms with van der Waals surface area (Å²) in [4.78, 5) is 2.62. The number of hydrogen-bond donors (Lipinski definition) is 0. The average molecular weight is 354 g/mol. The van der Waals surface area contributed by atoms with Crippen molar-refractivity contribution in [3.8, 4) is 0 Å². The van der Waals surface area contributed by atoms with Gasteiger partial charge in [-0.1, -0.05) is 87.0 Å². The lowest BCUT2D eigenvalue weighted by Crippen LogP contribution is -2.34. The summed E-state index contributed by atoms with van der Waals surface area (Å²) in [5.41, 5.74) is 0. The quantitative estimate of drug-likeness (QED) is 0.471. The van der Waals surface area contributed by atoms with Gasteiger partial charge < -0.3 is 4.90 Å². The molecular weight excluding hydrogens is 302 g/mol. The molecule has 0 bridgehead atoms. The van der Waals surface area contributed by atoms with Crippen molar-refractivity contribution in [2.45, 2.75) is 113 Å². The van der Waals surface area contributed by atoms with Gasteiger partial charge in [0, 0.05) is 0 Å². The molecule has 1 nitrogen and oxygen atoms in total. The van der Waals surface area contributed by atoms with Crippen LogP contribution in [0.4, 0.5) is 0 Å². The molecule has 0 radical (unpaired) electrons. The van der Waals surface area contributed by atoms with E-state index in [-0.39, 0.29) is 0 Å². The Morgan fingerprint density at radius 1 is 0.760 bits per heavy atom. The molecule has 1 heteroatoms. The summed E-state index contributed by atoms with van der Waals surface area (Å²) in [5, 5.41) is 0. The van der Waals surface area contributed by atoms with E-state index in [2.05, 4.69) is 39.5 Å². The maximum atomic E-state index is 2.62. The van der Waals surface area contributed by atoms with Gasteiger partial charge in [-0.15, -0.1) is 0 Å². The van der Waals surface area contributed by atoms with Crippen molar-refractivity contribution in [1.82, 2.24) is 4.90 Å². The second-order valence-corrected chi connectivity index (χ2v) is 8.46. The lowest BCUT2D eigenvalue weighted by molar-refractivity contribution is 0.151. The summed E-state index contributed by atoms with van der Waals surface area (Å²) in [6, 6.07) is 0. The summed E-state index contributed by atoms with van der Waals surface area (Å²) in [6.07, 6.45) is 14.7. The molecular formula is C24H51N. The van der Waals surface area contributed by atoms with Crippen molar-refractivity contribution < 1.29 is 0 Å². The number of hydrogen-bond acceptors (Lipinski definition) is 1. The van der Waals surface area contributed by atoms with Crippen molar-refractivity contribution in [2.75, 3.05) is 19.6 Å². The van der Waals surface area contributed by atoms with Crippen LogP contribution in [0, 0.1) is 23.7 Å². The maximum absolute atomic E-state index is 2.62. The summed E-state index contributed by atoms with van der Waals surface area (Å²) >= 11 is 0. The molecule has 25 heavy (non-hydrogen) atoms. The predicted octanol–water partition coefficient (Wildman–Crippen LogP) is 7.79. The van der Waals surface area contributed by atoms with Gasteiger partial charge in [-0.05, 0) is 69.0 Å². The van der Waals surface area contributed by atoms with Gasteiger partial charge in [0.2, 0.25) is 0 Å². The number of rotatable bonds is 6. The molecule has 152 valence electrons. The smallest absolute Gasteiger partial charge is 0.00162 e. The zero-order valence-corrected chi connectivity index (χ0v) is 18.9. The van der Waals surface area contributed by atoms with E-state index in [0.717, 1.165) is 23.7 Å². The second-order valence-electron chi connectivity index (χ2n) is 8.46. The normalized spacial score (nSPS) is 26.0. The Balaban J connectivity index is 0.00000104. The lowest BCUT2D eigenvalue weighted by Gasteiger charge is -2.35. The lowest BCUT2D eigenvalue weighted by atomic mass is 9.74.